The van der Waals surface area contributed by atoms with Crippen molar-refractivity contribution in [2.24, 2.45) is 11.7 Å². The molecule has 4 rings (SSSR count). The van der Waals surface area contributed by atoms with Gasteiger partial charge in [0.25, 0.3) is 0 Å². The van der Waals surface area contributed by atoms with E-state index in [1.807, 2.05) is 6.07 Å². The zero-order chi connectivity index (χ0) is 16.2. The molecular weight excluding hydrogens is 318 g/mol. The van der Waals surface area contributed by atoms with Gasteiger partial charge in [-0.2, -0.15) is 4.31 Å². The highest BCUT2D eigenvalue weighted by molar-refractivity contribution is 7.89. The zero-order valence-corrected chi connectivity index (χ0v) is 13.0. The molecule has 120 valence electrons. The molecule has 2 atom stereocenters. The highest BCUT2D eigenvalue weighted by Crippen LogP contribution is 2.53. The van der Waals surface area contributed by atoms with Crippen LogP contribution in [0.2, 0.25) is 0 Å². The van der Waals surface area contributed by atoms with Crippen LogP contribution in [0.15, 0.2) is 41.6 Å². The number of fused-ring (bicyclic) bond motifs is 2. The first-order valence-corrected chi connectivity index (χ1v) is 8.68. The number of nitrogens with two attached hydrogens (primary N) is 1. The summed E-state index contributed by atoms with van der Waals surface area (Å²) in [6.07, 6.45) is 3.01. The molecule has 2 aromatic rings. The molecule has 1 aliphatic carbocycles. The summed E-state index contributed by atoms with van der Waals surface area (Å²) in [5.41, 5.74) is 4.36. The van der Waals surface area contributed by atoms with Crippen molar-refractivity contribution in [2.75, 3.05) is 13.1 Å². The highest BCUT2D eigenvalue weighted by atomic mass is 32.2. The van der Waals surface area contributed by atoms with E-state index in [-0.39, 0.29) is 17.4 Å². The molecule has 1 saturated heterocycles. The Hall–Kier alpha value is -2.19. The van der Waals surface area contributed by atoms with Gasteiger partial charge in [0.05, 0.1) is 11.4 Å². The molecular formula is C15H15N3O4S. The number of sulfonamides is 1. The number of benzene rings is 1. The van der Waals surface area contributed by atoms with Crippen LogP contribution in [0.25, 0.3) is 10.8 Å². The molecule has 23 heavy (non-hydrogen) atoms. The lowest BCUT2D eigenvalue weighted by Gasteiger charge is -2.21. The predicted molar refractivity (Wildman–Crippen MR) is 82.0 cm³/mol. The monoisotopic (exact) mass is 333 g/mol. The van der Waals surface area contributed by atoms with E-state index >= 15 is 0 Å². The zero-order valence-electron chi connectivity index (χ0n) is 12.2. The molecule has 1 amide bonds. The number of aromatic nitrogens is 1. The first kappa shape index (κ1) is 14.4. The lowest BCUT2D eigenvalue weighted by Crippen LogP contribution is -2.36. The van der Waals surface area contributed by atoms with Crippen LogP contribution in [-0.4, -0.2) is 42.5 Å². The van der Waals surface area contributed by atoms with Crippen LogP contribution in [0.1, 0.15) is 6.42 Å². The fraction of sp³-hybridized carbons (Fsp3) is 0.333. The fourth-order valence-electron chi connectivity index (χ4n) is 3.39. The molecule has 2 N–H and O–H groups in total. The van der Waals surface area contributed by atoms with Crippen molar-refractivity contribution in [2.45, 2.75) is 16.9 Å². The minimum absolute atomic E-state index is 0.0291. The number of pyridine rings is 1. The van der Waals surface area contributed by atoms with Gasteiger partial charge in [0.2, 0.25) is 10.0 Å². The van der Waals surface area contributed by atoms with Crippen molar-refractivity contribution >= 4 is 26.9 Å². The number of carbonyl (C=O) groups is 1. The molecule has 1 aromatic carbocycles. The minimum Gasteiger partial charge on any atom is -0.441 e. The maximum absolute atomic E-state index is 13.0. The number of piperidine rings is 1. The van der Waals surface area contributed by atoms with Gasteiger partial charge >= 0.3 is 6.09 Å². The molecule has 0 radical (unpaired) electrons. The molecule has 0 spiro atoms. The van der Waals surface area contributed by atoms with Crippen LogP contribution in [0.4, 0.5) is 4.79 Å². The first-order chi connectivity index (χ1) is 10.9. The van der Waals surface area contributed by atoms with Gasteiger partial charge < -0.3 is 10.5 Å². The second-order valence-electron chi connectivity index (χ2n) is 6.04. The number of rotatable bonds is 3. The normalized spacial score (nSPS) is 26.9. The van der Waals surface area contributed by atoms with E-state index in [4.69, 9.17) is 10.5 Å². The van der Waals surface area contributed by atoms with E-state index in [0.717, 1.165) is 5.39 Å². The summed E-state index contributed by atoms with van der Waals surface area (Å²) >= 11 is 0. The average molecular weight is 333 g/mol. The Balaban J connectivity index is 1.70. The number of primary amides is 1. The third-order valence-corrected chi connectivity index (χ3v) is 6.48. The number of nitrogens with zero attached hydrogens (tertiary/aromatic N) is 2. The summed E-state index contributed by atoms with van der Waals surface area (Å²) in [6, 6.07) is 6.79. The van der Waals surface area contributed by atoms with Crippen molar-refractivity contribution in [3.8, 4) is 0 Å². The first-order valence-electron chi connectivity index (χ1n) is 7.24. The summed E-state index contributed by atoms with van der Waals surface area (Å²) in [4.78, 5) is 15.3. The van der Waals surface area contributed by atoms with Crippen LogP contribution in [0.5, 0.6) is 0 Å². The Morgan fingerprint density at radius 3 is 3.00 bits per heavy atom. The standard InChI is InChI=1S/C15H15N3O4S/c16-14(19)22-15-6-11(15)8-18(9-15)23(20,21)13-3-1-2-10-7-17-5-4-12(10)13/h1-5,7,11H,6,8-9H2,(H2,16,19). The van der Waals surface area contributed by atoms with Crippen LogP contribution >= 0.6 is 0 Å². The topological polar surface area (TPSA) is 103 Å². The molecule has 0 bridgehead atoms. The Morgan fingerprint density at radius 2 is 2.22 bits per heavy atom. The van der Waals surface area contributed by atoms with E-state index < -0.39 is 21.7 Å². The van der Waals surface area contributed by atoms with E-state index in [1.54, 1.807) is 30.6 Å². The van der Waals surface area contributed by atoms with Crippen LogP contribution in [-0.2, 0) is 14.8 Å². The maximum atomic E-state index is 13.0. The smallest absolute Gasteiger partial charge is 0.405 e. The lowest BCUT2D eigenvalue weighted by molar-refractivity contribution is 0.0883. The summed E-state index contributed by atoms with van der Waals surface area (Å²) in [5, 5.41) is 1.40. The van der Waals surface area contributed by atoms with E-state index in [1.165, 1.54) is 4.31 Å². The summed E-state index contributed by atoms with van der Waals surface area (Å²) < 4.78 is 32.5. The van der Waals surface area contributed by atoms with Gasteiger partial charge in [-0.05, 0) is 18.6 Å². The van der Waals surface area contributed by atoms with Crippen molar-refractivity contribution in [1.29, 1.82) is 0 Å². The average Bonchev–Trinajstić information content (AvgIpc) is 3.05. The molecule has 2 heterocycles. The summed E-state index contributed by atoms with van der Waals surface area (Å²) in [5.74, 6) is 0.0291. The van der Waals surface area contributed by atoms with Gasteiger partial charge in [0.1, 0.15) is 5.60 Å². The van der Waals surface area contributed by atoms with Gasteiger partial charge in [-0.3, -0.25) is 4.98 Å². The quantitative estimate of drug-likeness (QED) is 0.906. The Labute approximate surface area is 133 Å². The second kappa shape index (κ2) is 4.65. The largest absolute Gasteiger partial charge is 0.441 e. The highest BCUT2D eigenvalue weighted by Gasteiger charge is 2.65. The van der Waals surface area contributed by atoms with Crippen molar-refractivity contribution < 1.29 is 17.9 Å². The van der Waals surface area contributed by atoms with Crippen molar-refractivity contribution in [3.05, 3.63) is 36.7 Å². The SMILES string of the molecule is NC(=O)OC12CC1CN(S(=O)(=O)c1cccc3cnccc13)C2. The third kappa shape index (κ3) is 2.17. The Bertz CT molecular complexity index is 909. The number of amides is 1. The molecule has 2 aliphatic rings. The Kier molecular flexibility index (Phi) is 2.91. The number of carbonyl (C=O) groups excluding carboxylic acids is 1. The third-order valence-electron chi connectivity index (χ3n) is 4.61. The molecule has 2 unspecified atom stereocenters. The Morgan fingerprint density at radius 1 is 1.39 bits per heavy atom. The minimum atomic E-state index is -3.67. The van der Waals surface area contributed by atoms with E-state index in [9.17, 15) is 13.2 Å². The second-order valence-corrected chi connectivity index (χ2v) is 7.94. The predicted octanol–water partition coefficient (Wildman–Crippen LogP) is 1.09. The van der Waals surface area contributed by atoms with Gasteiger partial charge in [0, 0.05) is 35.6 Å². The summed E-state index contributed by atoms with van der Waals surface area (Å²) in [7, 11) is -3.67. The molecule has 1 aromatic heterocycles. The molecule has 8 heteroatoms. The number of ether oxygens (including phenoxy) is 1. The van der Waals surface area contributed by atoms with Crippen LogP contribution in [0.3, 0.4) is 0 Å². The maximum Gasteiger partial charge on any atom is 0.405 e. The van der Waals surface area contributed by atoms with Gasteiger partial charge in [-0.15, -0.1) is 0 Å². The summed E-state index contributed by atoms with van der Waals surface area (Å²) in [6.45, 7) is 0.501. The fourth-order valence-corrected chi connectivity index (χ4v) is 5.15. The molecule has 1 saturated carbocycles. The lowest BCUT2D eigenvalue weighted by atomic mass is 10.2. The van der Waals surface area contributed by atoms with Crippen LogP contribution in [0, 0.1) is 5.92 Å². The van der Waals surface area contributed by atoms with Gasteiger partial charge in [0.15, 0.2) is 0 Å². The molecule has 7 nitrogen and oxygen atoms in total. The molecule has 1 aliphatic heterocycles. The van der Waals surface area contributed by atoms with Gasteiger partial charge in [-0.1, -0.05) is 12.1 Å². The van der Waals surface area contributed by atoms with E-state index in [2.05, 4.69) is 4.98 Å². The molecule has 2 fully saturated rings. The number of hydrogen-bond donors (Lipinski definition) is 1. The van der Waals surface area contributed by atoms with Crippen LogP contribution < -0.4 is 5.73 Å². The van der Waals surface area contributed by atoms with Crippen molar-refractivity contribution in [3.63, 3.8) is 0 Å². The number of hydrogen-bond acceptors (Lipinski definition) is 5. The van der Waals surface area contributed by atoms with Crippen molar-refractivity contribution in [1.82, 2.24) is 9.29 Å². The van der Waals surface area contributed by atoms with E-state index in [0.29, 0.717) is 18.4 Å². The van der Waals surface area contributed by atoms with Gasteiger partial charge in [-0.25, -0.2) is 13.2 Å².